The first-order valence-corrected chi connectivity index (χ1v) is 10.6. The second-order valence-corrected chi connectivity index (χ2v) is 8.77. The molecule has 3 rings (SSSR count). The molecule has 1 fully saturated rings. The Bertz CT molecular complexity index is 942. The van der Waals surface area contributed by atoms with Crippen LogP contribution >= 0.6 is 23.2 Å². The minimum atomic E-state index is -3.87. The molecule has 0 spiro atoms. The van der Waals surface area contributed by atoms with E-state index in [-0.39, 0.29) is 53.6 Å². The third-order valence-electron chi connectivity index (χ3n) is 4.28. The lowest BCUT2D eigenvalue weighted by molar-refractivity contribution is -0.134. The van der Waals surface area contributed by atoms with E-state index in [2.05, 4.69) is 0 Å². The van der Waals surface area contributed by atoms with Crippen molar-refractivity contribution in [2.45, 2.75) is 4.90 Å². The van der Waals surface area contributed by atoms with Gasteiger partial charge in [0, 0.05) is 26.2 Å². The number of rotatable bonds is 5. The highest BCUT2D eigenvalue weighted by Gasteiger charge is 2.33. The molecule has 1 heterocycles. The standard InChI is InChI=1S/C18H17Cl2FN2O4S/c19-15-2-1-3-16(20)18(15)28(25,26)23-10-8-22(9-11-23)17(24)12-27-14-6-4-13(21)5-7-14/h1-7H,8-12H2. The molecule has 1 amide bonds. The smallest absolute Gasteiger partial charge is 0.260 e. The molecule has 150 valence electrons. The second kappa shape index (κ2) is 8.65. The SMILES string of the molecule is O=C(COc1ccc(F)cc1)N1CCN(S(=O)(=O)c2c(Cl)cccc2Cl)CC1. The number of halogens is 3. The highest BCUT2D eigenvalue weighted by Crippen LogP contribution is 2.31. The summed E-state index contributed by atoms with van der Waals surface area (Å²) < 4.78 is 45.2. The van der Waals surface area contributed by atoms with Crippen LogP contribution in [-0.2, 0) is 14.8 Å². The molecular weight excluding hydrogens is 430 g/mol. The molecule has 0 saturated carbocycles. The van der Waals surface area contributed by atoms with Gasteiger partial charge in [0.1, 0.15) is 16.5 Å². The van der Waals surface area contributed by atoms with E-state index in [0.717, 1.165) is 0 Å². The highest BCUT2D eigenvalue weighted by molar-refractivity contribution is 7.89. The largest absolute Gasteiger partial charge is 0.484 e. The monoisotopic (exact) mass is 446 g/mol. The molecule has 0 bridgehead atoms. The minimum absolute atomic E-state index is 0.0544. The van der Waals surface area contributed by atoms with Crippen LogP contribution in [0.25, 0.3) is 0 Å². The van der Waals surface area contributed by atoms with Crippen molar-refractivity contribution in [3.63, 3.8) is 0 Å². The second-order valence-electron chi connectivity index (χ2n) is 6.08. The van der Waals surface area contributed by atoms with Gasteiger partial charge < -0.3 is 9.64 Å². The number of carbonyl (C=O) groups is 1. The molecule has 0 aliphatic carbocycles. The summed E-state index contributed by atoms with van der Waals surface area (Å²) in [5.74, 6) is -0.295. The summed E-state index contributed by atoms with van der Waals surface area (Å²) in [6.45, 7) is 0.451. The fourth-order valence-electron chi connectivity index (χ4n) is 2.80. The molecule has 2 aromatic rings. The van der Waals surface area contributed by atoms with E-state index in [9.17, 15) is 17.6 Å². The van der Waals surface area contributed by atoms with Crippen LogP contribution in [-0.4, -0.2) is 56.3 Å². The van der Waals surface area contributed by atoms with Crippen LogP contribution in [0, 0.1) is 5.82 Å². The van der Waals surface area contributed by atoms with E-state index in [1.807, 2.05) is 0 Å². The number of amides is 1. The number of nitrogens with zero attached hydrogens (tertiary/aromatic N) is 2. The number of benzene rings is 2. The van der Waals surface area contributed by atoms with Gasteiger partial charge in [0.05, 0.1) is 10.0 Å². The predicted octanol–water partition coefficient (Wildman–Crippen LogP) is 3.04. The van der Waals surface area contributed by atoms with E-state index >= 15 is 0 Å². The van der Waals surface area contributed by atoms with Gasteiger partial charge in [0.15, 0.2) is 6.61 Å². The molecule has 0 aromatic heterocycles. The van der Waals surface area contributed by atoms with Crippen molar-refractivity contribution >= 4 is 39.1 Å². The predicted molar refractivity (Wildman–Crippen MR) is 104 cm³/mol. The molecular formula is C18H17Cl2FN2O4S. The molecule has 28 heavy (non-hydrogen) atoms. The molecule has 0 unspecified atom stereocenters. The summed E-state index contributed by atoms with van der Waals surface area (Å²) >= 11 is 12.1. The van der Waals surface area contributed by atoms with Gasteiger partial charge in [0.2, 0.25) is 10.0 Å². The van der Waals surface area contributed by atoms with Gasteiger partial charge in [-0.25, -0.2) is 12.8 Å². The van der Waals surface area contributed by atoms with E-state index < -0.39 is 15.8 Å². The van der Waals surface area contributed by atoms with Crippen molar-refractivity contribution in [3.8, 4) is 5.75 Å². The summed E-state index contributed by atoms with van der Waals surface area (Å²) in [4.78, 5) is 13.7. The topological polar surface area (TPSA) is 66.9 Å². The zero-order chi connectivity index (χ0) is 20.3. The third kappa shape index (κ3) is 4.57. The quantitative estimate of drug-likeness (QED) is 0.707. The normalized spacial score (nSPS) is 15.5. The number of sulfonamides is 1. The van der Waals surface area contributed by atoms with Crippen molar-refractivity contribution in [2.75, 3.05) is 32.8 Å². The Balaban J connectivity index is 1.59. The lowest BCUT2D eigenvalue weighted by Gasteiger charge is -2.34. The Morgan fingerprint density at radius 2 is 1.57 bits per heavy atom. The van der Waals surface area contributed by atoms with Gasteiger partial charge in [0.25, 0.3) is 5.91 Å². The van der Waals surface area contributed by atoms with Gasteiger partial charge in [-0.3, -0.25) is 4.79 Å². The number of hydrogen-bond donors (Lipinski definition) is 0. The Hall–Kier alpha value is -1.87. The zero-order valence-corrected chi connectivity index (χ0v) is 17.0. The summed E-state index contributed by atoms with van der Waals surface area (Å²) in [6.07, 6.45) is 0. The molecule has 0 N–H and O–H groups in total. The van der Waals surface area contributed by atoms with Gasteiger partial charge in [-0.2, -0.15) is 4.31 Å². The molecule has 0 radical (unpaired) electrons. The highest BCUT2D eigenvalue weighted by atomic mass is 35.5. The van der Waals surface area contributed by atoms with Gasteiger partial charge in [-0.05, 0) is 36.4 Å². The van der Waals surface area contributed by atoms with Crippen LogP contribution < -0.4 is 4.74 Å². The molecule has 0 atom stereocenters. The molecule has 6 nitrogen and oxygen atoms in total. The first-order chi connectivity index (χ1) is 13.3. The van der Waals surface area contributed by atoms with Crippen molar-refractivity contribution < 1.29 is 22.3 Å². The van der Waals surface area contributed by atoms with Crippen LogP contribution in [0.2, 0.25) is 10.0 Å². The van der Waals surface area contributed by atoms with Crippen LogP contribution in [0.1, 0.15) is 0 Å². The average Bonchev–Trinajstić information content (AvgIpc) is 2.67. The summed E-state index contributed by atoms with van der Waals surface area (Å²) in [5, 5.41) is 0.109. The first kappa shape index (κ1) is 20.9. The molecule has 1 saturated heterocycles. The number of piperazine rings is 1. The summed E-state index contributed by atoms with van der Waals surface area (Å²) in [6, 6.07) is 9.84. The number of ether oxygens (including phenoxy) is 1. The van der Waals surface area contributed by atoms with Crippen molar-refractivity contribution in [1.29, 1.82) is 0 Å². The zero-order valence-electron chi connectivity index (χ0n) is 14.6. The minimum Gasteiger partial charge on any atom is -0.484 e. The van der Waals surface area contributed by atoms with E-state index in [1.54, 1.807) is 6.07 Å². The third-order valence-corrected chi connectivity index (χ3v) is 7.14. The number of hydrogen-bond acceptors (Lipinski definition) is 4. The Labute approximate surface area is 172 Å². The maximum Gasteiger partial charge on any atom is 0.260 e. The van der Waals surface area contributed by atoms with E-state index in [1.165, 1.54) is 45.6 Å². The van der Waals surface area contributed by atoms with Gasteiger partial charge in [-0.15, -0.1) is 0 Å². The Morgan fingerprint density at radius 1 is 1.00 bits per heavy atom. The van der Waals surface area contributed by atoms with Gasteiger partial charge >= 0.3 is 0 Å². The number of carbonyl (C=O) groups excluding carboxylic acids is 1. The van der Waals surface area contributed by atoms with E-state index in [4.69, 9.17) is 27.9 Å². The lowest BCUT2D eigenvalue weighted by Crippen LogP contribution is -2.51. The van der Waals surface area contributed by atoms with Crippen molar-refractivity contribution in [1.82, 2.24) is 9.21 Å². The molecule has 2 aromatic carbocycles. The van der Waals surface area contributed by atoms with Crippen LogP contribution in [0.3, 0.4) is 0 Å². The summed E-state index contributed by atoms with van der Waals surface area (Å²) in [7, 11) is -3.87. The maximum absolute atomic E-state index is 12.9. The van der Waals surface area contributed by atoms with Crippen LogP contribution in [0.4, 0.5) is 4.39 Å². The van der Waals surface area contributed by atoms with Crippen LogP contribution in [0.5, 0.6) is 5.75 Å². The molecule has 1 aliphatic rings. The molecule has 1 aliphatic heterocycles. The Kier molecular flexibility index (Phi) is 6.44. The van der Waals surface area contributed by atoms with Gasteiger partial charge in [-0.1, -0.05) is 29.3 Å². The molecule has 10 heteroatoms. The fourth-order valence-corrected chi connectivity index (χ4v) is 5.32. The first-order valence-electron chi connectivity index (χ1n) is 8.39. The Morgan fingerprint density at radius 3 is 2.14 bits per heavy atom. The summed E-state index contributed by atoms with van der Waals surface area (Å²) in [5.41, 5.74) is 0. The average molecular weight is 447 g/mol. The van der Waals surface area contributed by atoms with Crippen molar-refractivity contribution in [2.24, 2.45) is 0 Å². The van der Waals surface area contributed by atoms with E-state index in [0.29, 0.717) is 5.75 Å². The lowest BCUT2D eigenvalue weighted by atomic mass is 10.3. The van der Waals surface area contributed by atoms with Crippen molar-refractivity contribution in [3.05, 3.63) is 58.3 Å². The maximum atomic E-state index is 12.9. The van der Waals surface area contributed by atoms with Crippen LogP contribution in [0.15, 0.2) is 47.4 Å². The fraction of sp³-hybridized carbons (Fsp3) is 0.278.